The fourth-order valence-electron chi connectivity index (χ4n) is 3.10. The smallest absolute Gasteiger partial charge is 0.252 e. The molecule has 3 N–H and O–H groups in total. The van der Waals surface area contributed by atoms with Crippen molar-refractivity contribution in [1.29, 1.82) is 0 Å². The summed E-state index contributed by atoms with van der Waals surface area (Å²) in [5.41, 5.74) is 5.05. The minimum absolute atomic E-state index is 0.280. The van der Waals surface area contributed by atoms with Gasteiger partial charge in [0, 0.05) is 0 Å². The van der Waals surface area contributed by atoms with Gasteiger partial charge in [0.15, 0.2) is 24.0 Å². The number of rotatable bonds is 3. The van der Waals surface area contributed by atoms with Crippen molar-refractivity contribution in [2.45, 2.75) is 70.0 Å². The van der Waals surface area contributed by atoms with E-state index in [1.807, 2.05) is 0 Å². The van der Waals surface area contributed by atoms with E-state index in [2.05, 4.69) is 5.32 Å². The lowest BCUT2D eigenvalue weighted by molar-refractivity contribution is -0.231. The van der Waals surface area contributed by atoms with E-state index in [1.54, 1.807) is 27.7 Å². The van der Waals surface area contributed by atoms with Crippen molar-refractivity contribution in [2.24, 2.45) is 5.73 Å². The number of nitrogens with two attached hydrogens (primary N) is 1. The van der Waals surface area contributed by atoms with E-state index < -0.39 is 54.1 Å². The average molecular weight is 330 g/mol. The molecule has 3 aliphatic rings. The zero-order valence-corrected chi connectivity index (χ0v) is 13.5. The van der Waals surface area contributed by atoms with Gasteiger partial charge in [0.1, 0.15) is 18.3 Å². The molecule has 3 heterocycles. The molecule has 3 aliphatic heterocycles. The van der Waals surface area contributed by atoms with Crippen LogP contribution < -0.4 is 11.1 Å². The molecular weight excluding hydrogens is 308 g/mol. The van der Waals surface area contributed by atoms with Crippen LogP contribution in [-0.2, 0) is 33.3 Å². The monoisotopic (exact) mass is 330 g/mol. The Morgan fingerprint density at radius 2 is 1.52 bits per heavy atom. The summed E-state index contributed by atoms with van der Waals surface area (Å²) in [4.78, 5) is 23.2. The first-order chi connectivity index (χ1) is 10.6. The van der Waals surface area contributed by atoms with Crippen molar-refractivity contribution in [3.05, 3.63) is 0 Å². The van der Waals surface area contributed by atoms with Gasteiger partial charge < -0.3 is 34.7 Å². The Labute approximate surface area is 133 Å². The van der Waals surface area contributed by atoms with Crippen molar-refractivity contribution < 1.29 is 33.3 Å². The second kappa shape index (κ2) is 5.38. The van der Waals surface area contributed by atoms with Gasteiger partial charge in [0.2, 0.25) is 5.91 Å². The predicted octanol–water partition coefficient (Wildman–Crippen LogP) is -1.02. The summed E-state index contributed by atoms with van der Waals surface area (Å²) in [6.45, 7) is 6.73. The third-order valence-electron chi connectivity index (χ3n) is 3.85. The first-order valence-electron chi connectivity index (χ1n) is 7.51. The molecule has 5 atom stereocenters. The summed E-state index contributed by atoms with van der Waals surface area (Å²) in [6, 6.07) is 0. The number of primary amides is 1. The maximum Gasteiger partial charge on any atom is 0.252 e. The number of ether oxygens (including phenoxy) is 5. The van der Waals surface area contributed by atoms with Crippen LogP contribution in [0.15, 0.2) is 0 Å². The number of hydrogen-bond acceptors (Lipinski definition) is 7. The fraction of sp³-hybridized carbons (Fsp3) is 0.857. The molecule has 9 heteroatoms. The van der Waals surface area contributed by atoms with Crippen LogP contribution in [0.4, 0.5) is 0 Å². The van der Waals surface area contributed by atoms with E-state index in [1.165, 1.54) is 0 Å². The minimum Gasteiger partial charge on any atom is -0.368 e. The molecule has 0 aromatic carbocycles. The summed E-state index contributed by atoms with van der Waals surface area (Å²) >= 11 is 0. The SMILES string of the molecule is CC1(C)O[C@@H]2[C@@H](O1)[C@@H](C(=O)NCC(N)=O)O[C@H]1OC(C)(C)O[C@@H]12. The normalized spacial score (nSPS) is 40.3. The lowest BCUT2D eigenvalue weighted by Crippen LogP contribution is -2.59. The van der Waals surface area contributed by atoms with Gasteiger partial charge in [0.25, 0.3) is 5.91 Å². The number of nitrogens with one attached hydrogen (secondary N) is 1. The molecule has 0 aromatic rings. The number of carbonyl (C=O) groups is 2. The highest BCUT2D eigenvalue weighted by Gasteiger charge is 2.62. The molecule has 0 aliphatic carbocycles. The lowest BCUT2D eigenvalue weighted by Gasteiger charge is -2.36. The number of fused-ring (bicyclic) bond motifs is 3. The third-order valence-corrected chi connectivity index (χ3v) is 3.85. The van der Waals surface area contributed by atoms with Crippen LogP contribution in [0.1, 0.15) is 27.7 Å². The molecule has 9 nitrogen and oxygen atoms in total. The largest absolute Gasteiger partial charge is 0.368 e. The first kappa shape index (κ1) is 16.6. The van der Waals surface area contributed by atoms with Gasteiger partial charge in [0.05, 0.1) is 6.54 Å². The second-order valence-corrected chi connectivity index (χ2v) is 6.77. The van der Waals surface area contributed by atoms with Gasteiger partial charge in [-0.2, -0.15) is 0 Å². The zero-order chi connectivity index (χ0) is 17.0. The van der Waals surface area contributed by atoms with Gasteiger partial charge in [-0.15, -0.1) is 0 Å². The van der Waals surface area contributed by atoms with Crippen LogP contribution in [0.25, 0.3) is 0 Å². The van der Waals surface area contributed by atoms with Crippen molar-refractivity contribution in [3.63, 3.8) is 0 Å². The van der Waals surface area contributed by atoms with E-state index >= 15 is 0 Å². The molecular formula is C14H22N2O7. The molecule has 0 unspecified atom stereocenters. The van der Waals surface area contributed by atoms with Gasteiger partial charge >= 0.3 is 0 Å². The van der Waals surface area contributed by atoms with Crippen LogP contribution in [0.3, 0.4) is 0 Å². The molecule has 130 valence electrons. The lowest BCUT2D eigenvalue weighted by atomic mass is 9.98. The second-order valence-electron chi connectivity index (χ2n) is 6.77. The summed E-state index contributed by atoms with van der Waals surface area (Å²) in [7, 11) is 0. The fourth-order valence-corrected chi connectivity index (χ4v) is 3.10. The predicted molar refractivity (Wildman–Crippen MR) is 74.7 cm³/mol. The summed E-state index contributed by atoms with van der Waals surface area (Å²) < 4.78 is 28.9. The van der Waals surface area contributed by atoms with Gasteiger partial charge in [-0.3, -0.25) is 9.59 Å². The van der Waals surface area contributed by atoms with Crippen LogP contribution in [0, 0.1) is 0 Å². The summed E-state index contributed by atoms with van der Waals surface area (Å²) in [5.74, 6) is -2.89. The van der Waals surface area contributed by atoms with Crippen molar-refractivity contribution in [1.82, 2.24) is 5.32 Å². The maximum absolute atomic E-state index is 12.3. The van der Waals surface area contributed by atoms with E-state index in [4.69, 9.17) is 29.4 Å². The zero-order valence-electron chi connectivity index (χ0n) is 13.5. The van der Waals surface area contributed by atoms with Crippen LogP contribution in [0.2, 0.25) is 0 Å². The van der Waals surface area contributed by atoms with Crippen molar-refractivity contribution in [3.8, 4) is 0 Å². The van der Waals surface area contributed by atoms with E-state index in [9.17, 15) is 9.59 Å². The highest BCUT2D eigenvalue weighted by Crippen LogP contribution is 2.44. The van der Waals surface area contributed by atoms with Crippen molar-refractivity contribution >= 4 is 11.8 Å². The Morgan fingerprint density at radius 3 is 2.17 bits per heavy atom. The molecule has 3 rings (SSSR count). The number of amides is 2. The van der Waals surface area contributed by atoms with Crippen LogP contribution >= 0.6 is 0 Å². The molecule has 3 saturated heterocycles. The molecule has 0 spiro atoms. The highest BCUT2D eigenvalue weighted by molar-refractivity contribution is 5.86. The van der Waals surface area contributed by atoms with Gasteiger partial charge in [-0.25, -0.2) is 0 Å². The topological polar surface area (TPSA) is 118 Å². The molecule has 23 heavy (non-hydrogen) atoms. The third kappa shape index (κ3) is 3.20. The molecule has 0 bridgehead atoms. The first-order valence-corrected chi connectivity index (χ1v) is 7.51. The van der Waals surface area contributed by atoms with Gasteiger partial charge in [-0.05, 0) is 27.7 Å². The Balaban J connectivity index is 1.81. The number of carbonyl (C=O) groups excluding carboxylic acids is 2. The molecule has 3 fully saturated rings. The Kier molecular flexibility index (Phi) is 3.88. The Hall–Kier alpha value is -1.26. The summed E-state index contributed by atoms with van der Waals surface area (Å²) in [6.07, 6.45) is -3.43. The average Bonchev–Trinajstić information content (AvgIpc) is 2.89. The Morgan fingerprint density at radius 1 is 0.957 bits per heavy atom. The molecule has 0 aromatic heterocycles. The van der Waals surface area contributed by atoms with Crippen LogP contribution in [-0.4, -0.2) is 60.6 Å². The van der Waals surface area contributed by atoms with E-state index in [0.717, 1.165) is 0 Å². The maximum atomic E-state index is 12.3. The number of hydrogen-bond donors (Lipinski definition) is 2. The quantitative estimate of drug-likeness (QED) is 0.680. The minimum atomic E-state index is -0.986. The van der Waals surface area contributed by atoms with E-state index in [0.29, 0.717) is 0 Å². The summed E-state index contributed by atoms with van der Waals surface area (Å²) in [5, 5.41) is 2.42. The van der Waals surface area contributed by atoms with E-state index in [-0.39, 0.29) is 6.54 Å². The molecule has 2 amide bonds. The standard InChI is InChI=1S/C14H22N2O7/c1-13(2)20-7-8(21-13)10-12(23-14(3,4)22-10)19-9(7)11(18)16-5-6(15)17/h7-10,12H,5H2,1-4H3,(H2,15,17)(H,16,18)/t7-,8-,9+,10-,12+/m1/s1. The van der Waals surface area contributed by atoms with Crippen LogP contribution in [0.5, 0.6) is 0 Å². The Bertz CT molecular complexity index is 521. The highest BCUT2D eigenvalue weighted by atomic mass is 16.9. The molecule has 0 radical (unpaired) electrons. The van der Waals surface area contributed by atoms with Gasteiger partial charge in [-0.1, -0.05) is 0 Å². The molecule has 0 saturated carbocycles. The van der Waals surface area contributed by atoms with Crippen molar-refractivity contribution in [2.75, 3.05) is 6.54 Å².